The number of carbonyl (C=O) groups is 2. The van der Waals surface area contributed by atoms with Gasteiger partial charge in [-0.15, -0.1) is 0 Å². The first-order valence-electron chi connectivity index (χ1n) is 9.79. The molecule has 2 heterocycles. The van der Waals surface area contributed by atoms with E-state index >= 15 is 0 Å². The van der Waals surface area contributed by atoms with Gasteiger partial charge < -0.3 is 15.0 Å². The van der Waals surface area contributed by atoms with Crippen molar-refractivity contribution >= 4 is 12.0 Å². The maximum atomic E-state index is 12.8. The van der Waals surface area contributed by atoms with Crippen molar-refractivity contribution < 1.29 is 14.3 Å². The summed E-state index contributed by atoms with van der Waals surface area (Å²) in [4.78, 5) is 26.0. The highest BCUT2D eigenvalue weighted by Crippen LogP contribution is 2.58. The average Bonchev–Trinajstić information content (AvgIpc) is 2.94. The van der Waals surface area contributed by atoms with Gasteiger partial charge in [0.1, 0.15) is 6.61 Å². The molecule has 2 saturated heterocycles. The molecule has 138 valence electrons. The molecule has 2 saturated carbocycles. The summed E-state index contributed by atoms with van der Waals surface area (Å²) in [5.74, 6) is 2.79. The molecule has 0 bridgehead atoms. The third-order valence-corrected chi connectivity index (χ3v) is 6.96. The van der Waals surface area contributed by atoms with Crippen LogP contribution < -0.4 is 5.32 Å². The van der Waals surface area contributed by atoms with Crippen LogP contribution in [0.2, 0.25) is 0 Å². The van der Waals surface area contributed by atoms with E-state index in [1.807, 2.05) is 0 Å². The van der Waals surface area contributed by atoms with E-state index < -0.39 is 0 Å². The first-order chi connectivity index (χ1) is 12.5. The average molecular weight is 354 g/mol. The number of piperidine rings is 1. The molecule has 2 aliphatic heterocycles. The summed E-state index contributed by atoms with van der Waals surface area (Å²) in [5.41, 5.74) is 2.56. The number of carbonyl (C=O) groups excluding carboxylic acids is 2. The lowest BCUT2D eigenvalue weighted by molar-refractivity contribution is -0.140. The number of benzene rings is 1. The summed E-state index contributed by atoms with van der Waals surface area (Å²) in [7, 11) is 0. The molecule has 1 aromatic carbocycles. The topological polar surface area (TPSA) is 58.6 Å². The van der Waals surface area contributed by atoms with Crippen LogP contribution in [0.25, 0.3) is 0 Å². The summed E-state index contributed by atoms with van der Waals surface area (Å²) in [6, 6.07) is 9.07. The fraction of sp³-hybridized carbons (Fsp3) is 0.619. The monoisotopic (exact) mass is 354 g/mol. The van der Waals surface area contributed by atoms with E-state index in [0.29, 0.717) is 30.3 Å². The lowest BCUT2D eigenvalue weighted by Gasteiger charge is -2.43. The molecule has 3 atom stereocenters. The Balaban J connectivity index is 1.16. The molecule has 5 heteroatoms. The Hall–Kier alpha value is -2.04. The van der Waals surface area contributed by atoms with Gasteiger partial charge in [0, 0.05) is 19.0 Å². The van der Waals surface area contributed by atoms with Crippen LogP contribution in [0.4, 0.5) is 4.79 Å². The summed E-state index contributed by atoms with van der Waals surface area (Å²) >= 11 is 0. The van der Waals surface area contributed by atoms with Gasteiger partial charge in [-0.2, -0.15) is 0 Å². The van der Waals surface area contributed by atoms with Gasteiger partial charge in [-0.05, 0) is 47.6 Å². The maximum absolute atomic E-state index is 12.8. The van der Waals surface area contributed by atoms with Crippen LogP contribution in [0.1, 0.15) is 49.7 Å². The van der Waals surface area contributed by atoms with Crippen molar-refractivity contribution in [2.45, 2.75) is 44.1 Å². The van der Waals surface area contributed by atoms with Crippen molar-refractivity contribution in [2.24, 2.45) is 17.8 Å². The molecule has 1 N–H and O–H groups in total. The SMILES string of the molecule is CC(C)c1ccc([C@H]2[C@@H]3CN(C(=O)[C@H]4C[C@]5(COC(=O)N5)C4)C[C@@H]32)cc1. The zero-order valence-electron chi connectivity index (χ0n) is 15.4. The smallest absolute Gasteiger partial charge is 0.407 e. The van der Waals surface area contributed by atoms with E-state index in [2.05, 4.69) is 48.3 Å². The van der Waals surface area contributed by atoms with Crippen LogP contribution >= 0.6 is 0 Å². The van der Waals surface area contributed by atoms with Gasteiger partial charge in [-0.3, -0.25) is 4.79 Å². The van der Waals surface area contributed by atoms with Crippen LogP contribution in [0.5, 0.6) is 0 Å². The van der Waals surface area contributed by atoms with Gasteiger partial charge in [-0.1, -0.05) is 38.1 Å². The molecule has 2 amide bonds. The van der Waals surface area contributed by atoms with E-state index in [9.17, 15) is 9.59 Å². The van der Waals surface area contributed by atoms with Crippen molar-refractivity contribution in [1.29, 1.82) is 0 Å². The first-order valence-corrected chi connectivity index (χ1v) is 9.79. The summed E-state index contributed by atoms with van der Waals surface area (Å²) < 4.78 is 5.00. The highest BCUT2D eigenvalue weighted by molar-refractivity contribution is 5.82. The van der Waals surface area contributed by atoms with E-state index in [0.717, 1.165) is 25.9 Å². The molecular formula is C21H26N2O3. The van der Waals surface area contributed by atoms with Crippen molar-refractivity contribution in [3.63, 3.8) is 0 Å². The van der Waals surface area contributed by atoms with E-state index in [1.165, 1.54) is 11.1 Å². The van der Waals surface area contributed by atoms with Crippen LogP contribution in [-0.2, 0) is 9.53 Å². The Kier molecular flexibility index (Phi) is 3.40. The number of alkyl carbamates (subject to hydrolysis) is 1. The molecule has 5 rings (SSSR count). The summed E-state index contributed by atoms with van der Waals surface area (Å²) in [6.45, 7) is 6.64. The highest BCUT2D eigenvalue weighted by Gasteiger charge is 2.59. The maximum Gasteiger partial charge on any atom is 0.407 e. The molecule has 4 aliphatic rings. The van der Waals surface area contributed by atoms with Gasteiger partial charge in [-0.25, -0.2) is 4.79 Å². The number of amides is 2. The second-order valence-corrected chi connectivity index (χ2v) is 9.00. The Morgan fingerprint density at radius 3 is 2.38 bits per heavy atom. The molecule has 0 aromatic heterocycles. The Labute approximate surface area is 154 Å². The van der Waals surface area contributed by atoms with E-state index in [1.54, 1.807) is 0 Å². The van der Waals surface area contributed by atoms with Gasteiger partial charge in [0.25, 0.3) is 0 Å². The second kappa shape index (κ2) is 5.48. The first kappa shape index (κ1) is 16.2. The molecule has 2 aliphatic carbocycles. The van der Waals surface area contributed by atoms with Crippen LogP contribution in [0, 0.1) is 17.8 Å². The summed E-state index contributed by atoms with van der Waals surface area (Å²) in [6.07, 6.45) is 1.11. The molecule has 26 heavy (non-hydrogen) atoms. The number of ether oxygens (including phenoxy) is 1. The standard InChI is InChI=1S/C21H26N2O3/c1-12(2)13-3-5-14(6-4-13)18-16-9-23(10-17(16)18)19(24)15-7-21(8-15)11-26-20(25)22-21/h3-6,12,15-18H,7-11H2,1-2H3,(H,22,25)/t15-,16-,17+,18+,21+. The van der Waals surface area contributed by atoms with Crippen LogP contribution in [0.15, 0.2) is 24.3 Å². The predicted molar refractivity (Wildman–Crippen MR) is 96.8 cm³/mol. The molecule has 0 radical (unpaired) electrons. The fourth-order valence-electron chi connectivity index (χ4n) is 5.33. The van der Waals surface area contributed by atoms with Gasteiger partial charge >= 0.3 is 6.09 Å². The van der Waals surface area contributed by atoms with Crippen molar-refractivity contribution in [3.8, 4) is 0 Å². The van der Waals surface area contributed by atoms with E-state index in [4.69, 9.17) is 4.74 Å². The zero-order valence-corrected chi connectivity index (χ0v) is 15.4. The van der Waals surface area contributed by atoms with E-state index in [-0.39, 0.29) is 23.5 Å². The Bertz CT molecular complexity index is 739. The van der Waals surface area contributed by atoms with Crippen molar-refractivity contribution in [2.75, 3.05) is 19.7 Å². The number of hydrogen-bond acceptors (Lipinski definition) is 3. The molecule has 5 nitrogen and oxygen atoms in total. The minimum absolute atomic E-state index is 0.0540. The Morgan fingerprint density at radius 2 is 1.85 bits per heavy atom. The van der Waals surface area contributed by atoms with Crippen molar-refractivity contribution in [1.82, 2.24) is 10.2 Å². The third kappa shape index (κ3) is 2.43. The number of nitrogens with one attached hydrogen (secondary N) is 1. The molecular weight excluding hydrogens is 328 g/mol. The molecule has 1 spiro atoms. The number of fused-ring (bicyclic) bond motifs is 1. The second-order valence-electron chi connectivity index (χ2n) is 9.00. The quantitative estimate of drug-likeness (QED) is 0.908. The largest absolute Gasteiger partial charge is 0.447 e. The number of nitrogens with zero attached hydrogens (tertiary/aromatic N) is 1. The number of cyclic esters (lactones) is 1. The lowest BCUT2D eigenvalue weighted by Crippen LogP contribution is -2.58. The predicted octanol–water partition coefficient (Wildman–Crippen LogP) is 2.87. The highest BCUT2D eigenvalue weighted by atomic mass is 16.6. The summed E-state index contributed by atoms with van der Waals surface area (Å²) in [5, 5.41) is 2.87. The number of rotatable bonds is 3. The van der Waals surface area contributed by atoms with Crippen molar-refractivity contribution in [3.05, 3.63) is 35.4 Å². The minimum Gasteiger partial charge on any atom is -0.447 e. The lowest BCUT2D eigenvalue weighted by atomic mass is 9.68. The zero-order chi connectivity index (χ0) is 18.1. The van der Waals surface area contributed by atoms with Gasteiger partial charge in [0.15, 0.2) is 0 Å². The van der Waals surface area contributed by atoms with Crippen LogP contribution in [0.3, 0.4) is 0 Å². The molecule has 4 fully saturated rings. The normalized spacial score (nSPS) is 37.3. The van der Waals surface area contributed by atoms with Gasteiger partial charge in [0.05, 0.1) is 5.54 Å². The number of hydrogen-bond donors (Lipinski definition) is 1. The third-order valence-electron chi connectivity index (χ3n) is 6.96. The molecule has 1 aromatic rings. The Morgan fingerprint density at radius 1 is 1.19 bits per heavy atom. The van der Waals surface area contributed by atoms with Crippen LogP contribution in [-0.4, -0.2) is 42.1 Å². The van der Waals surface area contributed by atoms with Gasteiger partial charge in [0.2, 0.25) is 5.91 Å². The number of likely N-dealkylation sites (tertiary alicyclic amines) is 1. The minimum atomic E-state index is -0.343. The fourth-order valence-corrected chi connectivity index (χ4v) is 5.33. The molecule has 0 unspecified atom stereocenters.